The Kier molecular flexibility index (Phi) is 8.89. The van der Waals surface area contributed by atoms with Crippen LogP contribution in [0.1, 0.15) is 65.2 Å². The highest BCUT2D eigenvalue weighted by Crippen LogP contribution is 2.17. The highest BCUT2D eigenvalue weighted by atomic mass is 16.1. The molecule has 2 unspecified atom stereocenters. The van der Waals surface area contributed by atoms with E-state index in [-0.39, 0.29) is 5.91 Å². The average Bonchev–Trinajstić information content (AvgIpc) is 2.44. The number of carbonyl (C=O) groups excluding carboxylic acids is 1. The lowest BCUT2D eigenvalue weighted by Gasteiger charge is -2.22. The summed E-state index contributed by atoms with van der Waals surface area (Å²) in [5, 5.41) is 6.53. The van der Waals surface area contributed by atoms with Crippen molar-refractivity contribution in [2.75, 3.05) is 19.6 Å². The summed E-state index contributed by atoms with van der Waals surface area (Å²) in [6.07, 6.45) is 9.26. The molecule has 2 N–H and O–H groups in total. The van der Waals surface area contributed by atoms with Gasteiger partial charge in [0.25, 0.3) is 0 Å². The largest absolute Gasteiger partial charge is 0.356 e. The van der Waals surface area contributed by atoms with Crippen LogP contribution >= 0.6 is 0 Å². The van der Waals surface area contributed by atoms with Crippen LogP contribution in [0.5, 0.6) is 0 Å². The number of nitrogens with one attached hydrogen (secondary N) is 2. The van der Waals surface area contributed by atoms with Crippen molar-refractivity contribution >= 4 is 5.91 Å². The van der Waals surface area contributed by atoms with Gasteiger partial charge in [0.2, 0.25) is 5.91 Å². The maximum absolute atomic E-state index is 11.9. The fraction of sp³-hybridized carbons (Fsp3) is 0.938. The Morgan fingerprint density at radius 3 is 2.89 bits per heavy atom. The molecule has 3 nitrogen and oxygen atoms in total. The Hall–Kier alpha value is -0.570. The fourth-order valence-electron chi connectivity index (χ4n) is 2.86. The van der Waals surface area contributed by atoms with Gasteiger partial charge < -0.3 is 10.6 Å². The van der Waals surface area contributed by atoms with E-state index in [9.17, 15) is 4.79 Å². The first-order valence-corrected chi connectivity index (χ1v) is 8.23. The van der Waals surface area contributed by atoms with Crippen LogP contribution in [0.4, 0.5) is 0 Å². The van der Waals surface area contributed by atoms with Crippen LogP contribution < -0.4 is 10.6 Å². The van der Waals surface area contributed by atoms with Gasteiger partial charge in [-0.2, -0.15) is 0 Å². The van der Waals surface area contributed by atoms with Crippen molar-refractivity contribution in [2.45, 2.75) is 65.2 Å². The first-order chi connectivity index (χ1) is 9.26. The molecule has 19 heavy (non-hydrogen) atoms. The lowest BCUT2D eigenvalue weighted by molar-refractivity contribution is -0.122. The zero-order valence-electron chi connectivity index (χ0n) is 12.8. The molecule has 1 rings (SSSR count). The van der Waals surface area contributed by atoms with Gasteiger partial charge in [-0.15, -0.1) is 0 Å². The van der Waals surface area contributed by atoms with E-state index in [4.69, 9.17) is 0 Å². The Balaban J connectivity index is 2.08. The predicted octanol–water partition coefficient (Wildman–Crippen LogP) is 3.10. The van der Waals surface area contributed by atoms with E-state index in [0.717, 1.165) is 38.3 Å². The molecule has 3 heteroatoms. The lowest BCUT2D eigenvalue weighted by Crippen LogP contribution is -2.33. The normalized spacial score (nSPS) is 21.1. The molecular formula is C16H32N2O. The third-order valence-corrected chi connectivity index (χ3v) is 4.29. The van der Waals surface area contributed by atoms with Crippen molar-refractivity contribution in [3.8, 4) is 0 Å². The molecule has 0 aliphatic carbocycles. The van der Waals surface area contributed by atoms with Gasteiger partial charge in [0.05, 0.1) is 0 Å². The van der Waals surface area contributed by atoms with E-state index in [0.29, 0.717) is 5.92 Å². The predicted molar refractivity (Wildman–Crippen MR) is 81.1 cm³/mol. The Bertz CT molecular complexity index is 237. The number of piperidine rings is 1. The highest BCUT2D eigenvalue weighted by Gasteiger charge is 2.14. The van der Waals surface area contributed by atoms with Crippen molar-refractivity contribution in [3.05, 3.63) is 0 Å². The second kappa shape index (κ2) is 10.2. The van der Waals surface area contributed by atoms with E-state index >= 15 is 0 Å². The molecule has 0 aromatic carbocycles. The number of unbranched alkanes of at least 4 members (excludes halogenated alkanes) is 1. The van der Waals surface area contributed by atoms with Gasteiger partial charge in [-0.3, -0.25) is 4.79 Å². The van der Waals surface area contributed by atoms with E-state index in [1.807, 2.05) is 0 Å². The van der Waals surface area contributed by atoms with Crippen molar-refractivity contribution in [1.29, 1.82) is 0 Å². The van der Waals surface area contributed by atoms with E-state index in [1.54, 1.807) is 0 Å². The second-order valence-electron chi connectivity index (χ2n) is 5.97. The number of hydrogen-bond donors (Lipinski definition) is 2. The van der Waals surface area contributed by atoms with Gasteiger partial charge in [0.15, 0.2) is 0 Å². The van der Waals surface area contributed by atoms with Crippen molar-refractivity contribution in [2.24, 2.45) is 11.8 Å². The first-order valence-electron chi connectivity index (χ1n) is 8.23. The van der Waals surface area contributed by atoms with Gasteiger partial charge in [0, 0.05) is 13.0 Å². The van der Waals surface area contributed by atoms with Crippen LogP contribution in [0.15, 0.2) is 0 Å². The van der Waals surface area contributed by atoms with E-state index < -0.39 is 0 Å². The highest BCUT2D eigenvalue weighted by molar-refractivity contribution is 5.76. The van der Waals surface area contributed by atoms with Gasteiger partial charge in [-0.25, -0.2) is 0 Å². The minimum atomic E-state index is 0.256. The van der Waals surface area contributed by atoms with Crippen molar-refractivity contribution in [1.82, 2.24) is 10.6 Å². The maximum atomic E-state index is 11.9. The molecule has 1 amide bonds. The third-order valence-electron chi connectivity index (χ3n) is 4.29. The molecule has 0 radical (unpaired) electrons. The number of hydrogen-bond acceptors (Lipinski definition) is 2. The molecular weight excluding hydrogens is 236 g/mol. The summed E-state index contributed by atoms with van der Waals surface area (Å²) in [5.74, 6) is 1.60. The molecule has 0 bridgehead atoms. The summed E-state index contributed by atoms with van der Waals surface area (Å²) in [6, 6.07) is 0. The van der Waals surface area contributed by atoms with E-state index in [1.165, 1.54) is 38.6 Å². The molecule has 1 saturated heterocycles. The Labute approximate surface area is 118 Å². The van der Waals surface area contributed by atoms with Crippen LogP contribution in [0.25, 0.3) is 0 Å². The molecule has 0 spiro atoms. The van der Waals surface area contributed by atoms with Crippen molar-refractivity contribution in [3.63, 3.8) is 0 Å². The van der Waals surface area contributed by atoms with Gasteiger partial charge in [-0.1, -0.05) is 33.1 Å². The Morgan fingerprint density at radius 2 is 2.26 bits per heavy atom. The molecule has 2 atom stereocenters. The quantitative estimate of drug-likeness (QED) is 0.674. The number of carbonyl (C=O) groups is 1. The molecule has 1 heterocycles. The number of rotatable bonds is 9. The molecule has 1 aliphatic heterocycles. The lowest BCUT2D eigenvalue weighted by atomic mass is 9.95. The second-order valence-corrected chi connectivity index (χ2v) is 5.97. The smallest absolute Gasteiger partial charge is 0.220 e. The average molecular weight is 268 g/mol. The zero-order valence-corrected chi connectivity index (χ0v) is 12.8. The third kappa shape index (κ3) is 7.56. The van der Waals surface area contributed by atoms with Crippen LogP contribution in [0.2, 0.25) is 0 Å². The van der Waals surface area contributed by atoms with Crippen LogP contribution in [0.3, 0.4) is 0 Å². The fourth-order valence-corrected chi connectivity index (χ4v) is 2.86. The van der Waals surface area contributed by atoms with Crippen LogP contribution in [-0.4, -0.2) is 25.5 Å². The molecule has 1 aliphatic rings. The molecule has 0 saturated carbocycles. The first kappa shape index (κ1) is 16.5. The summed E-state index contributed by atoms with van der Waals surface area (Å²) in [5.41, 5.74) is 0. The molecule has 0 aromatic heterocycles. The van der Waals surface area contributed by atoms with Gasteiger partial charge in [0.1, 0.15) is 0 Å². The minimum Gasteiger partial charge on any atom is -0.356 e. The summed E-state index contributed by atoms with van der Waals surface area (Å²) in [6.45, 7) is 7.56. The summed E-state index contributed by atoms with van der Waals surface area (Å²) < 4.78 is 0. The maximum Gasteiger partial charge on any atom is 0.220 e. The topological polar surface area (TPSA) is 41.1 Å². The van der Waals surface area contributed by atoms with Crippen molar-refractivity contribution < 1.29 is 4.79 Å². The summed E-state index contributed by atoms with van der Waals surface area (Å²) in [7, 11) is 0. The summed E-state index contributed by atoms with van der Waals surface area (Å²) in [4.78, 5) is 11.9. The molecule has 1 fully saturated rings. The molecule has 112 valence electrons. The number of amides is 1. The monoisotopic (exact) mass is 268 g/mol. The Morgan fingerprint density at radius 1 is 1.42 bits per heavy atom. The van der Waals surface area contributed by atoms with Gasteiger partial charge >= 0.3 is 0 Å². The zero-order chi connectivity index (χ0) is 13.9. The van der Waals surface area contributed by atoms with E-state index in [2.05, 4.69) is 24.5 Å². The standard InChI is InChI=1S/C16H32N2O/c1-3-5-7-14(4-2)12-16(19)18-11-9-15-8-6-10-17-13-15/h14-15,17H,3-13H2,1-2H3,(H,18,19). The van der Waals surface area contributed by atoms with Gasteiger partial charge in [-0.05, 0) is 50.6 Å². The van der Waals surface area contributed by atoms with Crippen LogP contribution in [0, 0.1) is 11.8 Å². The summed E-state index contributed by atoms with van der Waals surface area (Å²) >= 11 is 0. The minimum absolute atomic E-state index is 0.256. The van der Waals surface area contributed by atoms with Crippen LogP contribution in [-0.2, 0) is 4.79 Å². The molecule has 0 aromatic rings. The SMILES string of the molecule is CCCCC(CC)CC(=O)NCCC1CCCNC1.